The lowest BCUT2D eigenvalue weighted by molar-refractivity contribution is 0.412. The largest absolute Gasteiger partial charge is 0.305 e. The molecule has 2 unspecified atom stereocenters. The lowest BCUT2D eigenvalue weighted by Crippen LogP contribution is -2.33. The highest BCUT2D eigenvalue weighted by molar-refractivity contribution is 7.09. The van der Waals surface area contributed by atoms with Gasteiger partial charge >= 0.3 is 0 Å². The molecule has 1 aromatic heterocycles. The van der Waals surface area contributed by atoms with Crippen molar-refractivity contribution in [2.24, 2.45) is 0 Å². The number of aromatic nitrogens is 1. The highest BCUT2D eigenvalue weighted by Gasteiger charge is 2.16. The second-order valence-corrected chi connectivity index (χ2v) is 5.72. The SMILES string of the molecule is CCC(Cc1ccccc1)NC(CC)c1nccs1. The van der Waals surface area contributed by atoms with Gasteiger partial charge in [0.25, 0.3) is 0 Å². The molecule has 2 atom stereocenters. The molecule has 0 amide bonds. The Balaban J connectivity index is 1.98. The summed E-state index contributed by atoms with van der Waals surface area (Å²) < 4.78 is 0. The first kappa shape index (κ1) is 14.2. The maximum absolute atomic E-state index is 4.44. The van der Waals surface area contributed by atoms with Crippen molar-refractivity contribution in [3.63, 3.8) is 0 Å². The van der Waals surface area contributed by atoms with E-state index in [0.29, 0.717) is 12.1 Å². The first-order chi connectivity index (χ1) is 9.33. The average molecular weight is 274 g/mol. The summed E-state index contributed by atoms with van der Waals surface area (Å²) in [5.74, 6) is 0. The van der Waals surface area contributed by atoms with Gasteiger partial charge in [0.1, 0.15) is 5.01 Å². The predicted octanol–water partition coefficient (Wildman–Crippen LogP) is 4.21. The number of hydrogen-bond acceptors (Lipinski definition) is 3. The molecule has 19 heavy (non-hydrogen) atoms. The van der Waals surface area contributed by atoms with Gasteiger partial charge in [-0.25, -0.2) is 4.98 Å². The van der Waals surface area contributed by atoms with Crippen LogP contribution in [0.3, 0.4) is 0 Å². The molecule has 1 aromatic carbocycles. The first-order valence-electron chi connectivity index (χ1n) is 7.02. The molecule has 3 heteroatoms. The van der Waals surface area contributed by atoms with Crippen LogP contribution in [0.25, 0.3) is 0 Å². The highest BCUT2D eigenvalue weighted by Crippen LogP contribution is 2.20. The summed E-state index contributed by atoms with van der Waals surface area (Å²) >= 11 is 1.74. The van der Waals surface area contributed by atoms with Gasteiger partial charge in [-0.3, -0.25) is 0 Å². The van der Waals surface area contributed by atoms with E-state index in [0.717, 1.165) is 19.3 Å². The second-order valence-electron chi connectivity index (χ2n) is 4.79. The van der Waals surface area contributed by atoms with Crippen molar-refractivity contribution >= 4 is 11.3 Å². The zero-order chi connectivity index (χ0) is 13.5. The Labute approximate surface area is 119 Å². The van der Waals surface area contributed by atoms with Gasteiger partial charge in [-0.05, 0) is 24.8 Å². The molecule has 0 spiro atoms. The minimum atomic E-state index is 0.383. The third-order valence-corrected chi connectivity index (χ3v) is 4.30. The molecule has 1 N–H and O–H groups in total. The number of nitrogens with one attached hydrogen (secondary N) is 1. The van der Waals surface area contributed by atoms with Gasteiger partial charge < -0.3 is 5.32 Å². The maximum Gasteiger partial charge on any atom is 0.109 e. The summed E-state index contributed by atoms with van der Waals surface area (Å²) in [4.78, 5) is 4.44. The number of rotatable bonds is 7. The Morgan fingerprint density at radius 3 is 2.53 bits per heavy atom. The van der Waals surface area contributed by atoms with Crippen molar-refractivity contribution in [1.82, 2.24) is 10.3 Å². The van der Waals surface area contributed by atoms with Gasteiger partial charge in [0.15, 0.2) is 0 Å². The molecule has 2 rings (SSSR count). The van der Waals surface area contributed by atoms with Crippen LogP contribution in [0.15, 0.2) is 41.9 Å². The number of benzene rings is 1. The minimum absolute atomic E-state index is 0.383. The Hall–Kier alpha value is -1.19. The molecule has 0 aliphatic heterocycles. The van der Waals surface area contributed by atoms with Gasteiger partial charge in [0, 0.05) is 17.6 Å². The van der Waals surface area contributed by atoms with E-state index in [1.54, 1.807) is 11.3 Å². The van der Waals surface area contributed by atoms with E-state index in [-0.39, 0.29) is 0 Å². The average Bonchev–Trinajstić information content (AvgIpc) is 2.98. The van der Waals surface area contributed by atoms with Crippen LogP contribution in [-0.4, -0.2) is 11.0 Å². The molecule has 0 radical (unpaired) electrons. The first-order valence-corrected chi connectivity index (χ1v) is 7.90. The molecule has 0 bridgehead atoms. The van der Waals surface area contributed by atoms with Crippen molar-refractivity contribution < 1.29 is 0 Å². The van der Waals surface area contributed by atoms with Crippen molar-refractivity contribution in [1.29, 1.82) is 0 Å². The van der Waals surface area contributed by atoms with Crippen LogP contribution in [-0.2, 0) is 6.42 Å². The fourth-order valence-electron chi connectivity index (χ4n) is 2.27. The third-order valence-electron chi connectivity index (χ3n) is 3.41. The van der Waals surface area contributed by atoms with Gasteiger partial charge in [-0.1, -0.05) is 44.2 Å². The Morgan fingerprint density at radius 1 is 1.16 bits per heavy atom. The van der Waals surface area contributed by atoms with Crippen molar-refractivity contribution in [2.45, 2.75) is 45.2 Å². The van der Waals surface area contributed by atoms with Crippen molar-refractivity contribution in [3.05, 3.63) is 52.5 Å². The van der Waals surface area contributed by atoms with Gasteiger partial charge in [0.05, 0.1) is 6.04 Å². The summed E-state index contributed by atoms with van der Waals surface area (Å²) in [5, 5.41) is 7.01. The highest BCUT2D eigenvalue weighted by atomic mass is 32.1. The standard InChI is InChI=1S/C16H22N2S/c1-3-14(12-13-8-6-5-7-9-13)18-15(4-2)16-17-10-11-19-16/h5-11,14-15,18H,3-4,12H2,1-2H3. The zero-order valence-electron chi connectivity index (χ0n) is 11.7. The molecule has 1 heterocycles. The Bertz CT molecular complexity index is 453. The van der Waals surface area contributed by atoms with Crippen LogP contribution >= 0.6 is 11.3 Å². The topological polar surface area (TPSA) is 24.9 Å². The lowest BCUT2D eigenvalue weighted by Gasteiger charge is -2.23. The monoisotopic (exact) mass is 274 g/mol. The minimum Gasteiger partial charge on any atom is -0.305 e. The van der Waals surface area contributed by atoms with Crippen LogP contribution in [0.4, 0.5) is 0 Å². The molecule has 0 aliphatic carbocycles. The van der Waals surface area contributed by atoms with Crippen LogP contribution < -0.4 is 5.32 Å². The Kier molecular flexibility index (Phi) is 5.55. The van der Waals surface area contributed by atoms with Crippen molar-refractivity contribution in [3.8, 4) is 0 Å². The lowest BCUT2D eigenvalue weighted by atomic mass is 10.0. The van der Waals surface area contributed by atoms with E-state index in [2.05, 4.69) is 59.9 Å². The predicted molar refractivity (Wildman–Crippen MR) is 82.5 cm³/mol. The van der Waals surface area contributed by atoms with E-state index in [1.165, 1.54) is 10.6 Å². The van der Waals surface area contributed by atoms with Crippen LogP contribution in [0.2, 0.25) is 0 Å². The van der Waals surface area contributed by atoms with Gasteiger partial charge in [-0.2, -0.15) is 0 Å². The smallest absolute Gasteiger partial charge is 0.109 e. The molecular formula is C16H22N2S. The molecule has 102 valence electrons. The summed E-state index contributed by atoms with van der Waals surface area (Å²) in [7, 11) is 0. The normalized spacial score (nSPS) is 14.2. The summed E-state index contributed by atoms with van der Waals surface area (Å²) in [6.07, 6.45) is 5.19. The molecule has 0 saturated heterocycles. The molecular weight excluding hydrogens is 252 g/mol. The van der Waals surface area contributed by atoms with E-state index >= 15 is 0 Å². The number of hydrogen-bond donors (Lipinski definition) is 1. The molecule has 0 saturated carbocycles. The fraction of sp³-hybridized carbons (Fsp3) is 0.438. The van der Waals surface area contributed by atoms with E-state index in [9.17, 15) is 0 Å². The molecule has 2 nitrogen and oxygen atoms in total. The number of thiazole rings is 1. The van der Waals surface area contributed by atoms with Crippen LogP contribution in [0.5, 0.6) is 0 Å². The van der Waals surface area contributed by atoms with Gasteiger partial charge in [-0.15, -0.1) is 11.3 Å². The quantitative estimate of drug-likeness (QED) is 0.818. The van der Waals surface area contributed by atoms with E-state index in [4.69, 9.17) is 0 Å². The fourth-order valence-corrected chi connectivity index (χ4v) is 3.06. The molecule has 0 aliphatic rings. The molecule has 0 fully saturated rings. The number of nitrogens with zero attached hydrogens (tertiary/aromatic N) is 1. The second kappa shape index (κ2) is 7.41. The molecule has 2 aromatic rings. The van der Waals surface area contributed by atoms with Crippen LogP contribution in [0.1, 0.15) is 43.3 Å². The maximum atomic E-state index is 4.44. The van der Waals surface area contributed by atoms with E-state index in [1.807, 2.05) is 6.20 Å². The van der Waals surface area contributed by atoms with Gasteiger partial charge in [0.2, 0.25) is 0 Å². The van der Waals surface area contributed by atoms with E-state index < -0.39 is 0 Å². The zero-order valence-corrected chi connectivity index (χ0v) is 12.5. The van der Waals surface area contributed by atoms with Crippen molar-refractivity contribution in [2.75, 3.05) is 0 Å². The summed E-state index contributed by atoms with van der Waals surface area (Å²) in [5.41, 5.74) is 1.40. The summed E-state index contributed by atoms with van der Waals surface area (Å²) in [6, 6.07) is 11.6. The van der Waals surface area contributed by atoms with Crippen LogP contribution in [0, 0.1) is 0 Å². The Morgan fingerprint density at radius 2 is 1.95 bits per heavy atom. The third kappa shape index (κ3) is 4.15. The summed E-state index contributed by atoms with van der Waals surface area (Å²) in [6.45, 7) is 4.46.